The molecular weight excluding hydrogens is 361 g/mol. The molecule has 3 N–H and O–H groups in total. The van der Waals surface area contributed by atoms with Crippen molar-refractivity contribution in [3.8, 4) is 11.5 Å². The van der Waals surface area contributed by atoms with Crippen molar-refractivity contribution in [1.29, 1.82) is 0 Å². The number of oxazole rings is 1. The van der Waals surface area contributed by atoms with Gasteiger partial charge in [0.25, 0.3) is 0 Å². The van der Waals surface area contributed by atoms with Gasteiger partial charge in [0.05, 0.1) is 12.1 Å². The Morgan fingerprint density at radius 3 is 2.44 bits per heavy atom. The molecule has 0 aliphatic heterocycles. The number of nitrogens with two attached hydrogens (primary N) is 1. The van der Waals surface area contributed by atoms with Crippen LogP contribution in [0.15, 0.2) is 34.7 Å². The van der Waals surface area contributed by atoms with Crippen LogP contribution in [0.4, 0.5) is 0 Å². The number of carbonyl (C=O) groups excluding carboxylic acids is 1. The highest BCUT2D eigenvalue weighted by atomic mass is 35.5. The first-order valence-corrected chi connectivity index (χ1v) is 8.00. The minimum absolute atomic E-state index is 0. The molecule has 0 fully saturated rings. The Labute approximate surface area is 161 Å². The van der Waals surface area contributed by atoms with Gasteiger partial charge in [-0.25, -0.2) is 4.98 Å². The van der Waals surface area contributed by atoms with Crippen LogP contribution in [0.2, 0.25) is 0 Å². The summed E-state index contributed by atoms with van der Waals surface area (Å²) in [6.45, 7) is 6.50. The summed E-state index contributed by atoms with van der Waals surface area (Å²) in [4.78, 5) is 16.7. The van der Waals surface area contributed by atoms with Crippen molar-refractivity contribution >= 4 is 30.7 Å². The van der Waals surface area contributed by atoms with E-state index in [4.69, 9.17) is 10.2 Å². The van der Waals surface area contributed by atoms with Crippen LogP contribution in [0.25, 0.3) is 11.5 Å². The fourth-order valence-electron chi connectivity index (χ4n) is 2.51. The maximum atomic E-state index is 12.2. The van der Waals surface area contributed by atoms with E-state index in [2.05, 4.69) is 24.1 Å². The molecule has 0 spiro atoms. The molecule has 7 heteroatoms. The first-order chi connectivity index (χ1) is 11.0. The van der Waals surface area contributed by atoms with Crippen LogP contribution < -0.4 is 11.1 Å². The third-order valence-corrected chi connectivity index (χ3v) is 3.65. The van der Waals surface area contributed by atoms with Crippen molar-refractivity contribution in [3.63, 3.8) is 0 Å². The van der Waals surface area contributed by atoms with Crippen LogP contribution in [-0.2, 0) is 11.2 Å². The van der Waals surface area contributed by atoms with Crippen LogP contribution >= 0.6 is 24.8 Å². The largest absolute Gasteiger partial charge is 0.441 e. The number of aromatic nitrogens is 1. The van der Waals surface area contributed by atoms with Crippen LogP contribution in [0, 0.1) is 12.8 Å². The van der Waals surface area contributed by atoms with Gasteiger partial charge in [-0.3, -0.25) is 4.79 Å². The fraction of sp³-hybridized carbons (Fsp3) is 0.444. The third kappa shape index (κ3) is 7.06. The molecular formula is C18H27Cl2N3O2. The predicted molar refractivity (Wildman–Crippen MR) is 105 cm³/mol. The maximum Gasteiger partial charge on any atom is 0.226 e. The molecule has 0 aliphatic rings. The summed E-state index contributed by atoms with van der Waals surface area (Å²) in [5.74, 6) is 1.63. The van der Waals surface area contributed by atoms with Gasteiger partial charge in [0, 0.05) is 18.2 Å². The highest BCUT2D eigenvalue weighted by Crippen LogP contribution is 2.21. The van der Waals surface area contributed by atoms with Gasteiger partial charge in [-0.1, -0.05) is 32.0 Å². The number of nitrogens with one attached hydrogen (secondary N) is 1. The smallest absolute Gasteiger partial charge is 0.226 e. The van der Waals surface area contributed by atoms with Gasteiger partial charge >= 0.3 is 0 Å². The average molecular weight is 388 g/mol. The second-order valence-electron chi connectivity index (χ2n) is 6.19. The average Bonchev–Trinajstić information content (AvgIpc) is 2.88. The number of amides is 1. The molecule has 0 aliphatic carbocycles. The zero-order valence-corrected chi connectivity index (χ0v) is 16.5. The molecule has 0 radical (unpaired) electrons. The van der Waals surface area contributed by atoms with E-state index < -0.39 is 0 Å². The Hall–Kier alpha value is -1.56. The summed E-state index contributed by atoms with van der Waals surface area (Å²) in [6.07, 6.45) is 1.08. The van der Waals surface area contributed by atoms with Gasteiger partial charge in [-0.2, -0.15) is 0 Å². The minimum Gasteiger partial charge on any atom is -0.441 e. The number of hydrogen-bond acceptors (Lipinski definition) is 4. The molecule has 1 aromatic heterocycles. The number of nitrogens with zero attached hydrogens (tertiary/aromatic N) is 1. The summed E-state index contributed by atoms with van der Waals surface area (Å²) < 4.78 is 5.68. The van der Waals surface area contributed by atoms with Crippen molar-refractivity contribution in [2.45, 2.75) is 39.7 Å². The molecule has 1 atom stereocenters. The highest BCUT2D eigenvalue weighted by molar-refractivity contribution is 5.85. The zero-order valence-electron chi connectivity index (χ0n) is 14.8. The first kappa shape index (κ1) is 23.4. The highest BCUT2D eigenvalue weighted by Gasteiger charge is 2.17. The summed E-state index contributed by atoms with van der Waals surface area (Å²) in [5.41, 5.74) is 7.30. The van der Waals surface area contributed by atoms with Gasteiger partial charge < -0.3 is 15.5 Å². The van der Waals surface area contributed by atoms with Gasteiger partial charge in [-0.15, -0.1) is 24.8 Å². The third-order valence-electron chi connectivity index (χ3n) is 3.65. The van der Waals surface area contributed by atoms with Crippen LogP contribution in [-0.4, -0.2) is 23.5 Å². The molecule has 25 heavy (non-hydrogen) atoms. The molecule has 140 valence electrons. The van der Waals surface area contributed by atoms with E-state index in [9.17, 15) is 4.79 Å². The minimum atomic E-state index is -0.0721. The molecule has 1 amide bonds. The Balaban J connectivity index is 0.00000288. The molecule has 0 bridgehead atoms. The van der Waals surface area contributed by atoms with Crippen LogP contribution in [0.1, 0.15) is 31.7 Å². The first-order valence-electron chi connectivity index (χ1n) is 8.00. The number of hydrogen-bond donors (Lipinski definition) is 2. The molecule has 2 rings (SSSR count). The lowest BCUT2D eigenvalue weighted by Crippen LogP contribution is -2.41. The van der Waals surface area contributed by atoms with E-state index in [-0.39, 0.29) is 43.2 Å². The summed E-state index contributed by atoms with van der Waals surface area (Å²) in [6, 6.07) is 9.67. The molecule has 1 unspecified atom stereocenters. The predicted octanol–water partition coefficient (Wildman–Crippen LogP) is 3.53. The van der Waals surface area contributed by atoms with E-state index in [1.165, 1.54) is 0 Å². The van der Waals surface area contributed by atoms with Gasteiger partial charge in [0.1, 0.15) is 5.76 Å². The number of carbonyl (C=O) groups is 1. The van der Waals surface area contributed by atoms with Gasteiger partial charge in [0.15, 0.2) is 0 Å². The molecule has 1 heterocycles. The van der Waals surface area contributed by atoms with Gasteiger partial charge in [0.2, 0.25) is 11.8 Å². The molecule has 0 saturated heterocycles. The fourth-order valence-corrected chi connectivity index (χ4v) is 2.51. The van der Waals surface area contributed by atoms with Gasteiger partial charge in [-0.05, 0) is 31.4 Å². The lowest BCUT2D eigenvalue weighted by Gasteiger charge is -2.18. The van der Waals surface area contributed by atoms with Crippen LogP contribution in [0.5, 0.6) is 0 Å². The lowest BCUT2D eigenvalue weighted by molar-refractivity contribution is -0.121. The zero-order chi connectivity index (χ0) is 16.8. The number of aryl methyl sites for hydroxylation is 1. The topological polar surface area (TPSA) is 81.2 Å². The van der Waals surface area contributed by atoms with Crippen molar-refractivity contribution in [1.82, 2.24) is 10.3 Å². The Morgan fingerprint density at radius 1 is 1.24 bits per heavy atom. The Bertz CT molecular complexity index is 645. The summed E-state index contributed by atoms with van der Waals surface area (Å²) in [7, 11) is 0. The SMILES string of the molecule is Cc1oc(-c2ccccc2)nc1CC(=O)NC(CN)CC(C)C.Cl.Cl. The molecule has 2 aromatic rings. The number of halogens is 2. The molecule has 0 saturated carbocycles. The second-order valence-corrected chi connectivity index (χ2v) is 6.19. The Morgan fingerprint density at radius 2 is 1.88 bits per heavy atom. The second kappa shape index (κ2) is 11.1. The van der Waals surface area contributed by atoms with Crippen LogP contribution in [0.3, 0.4) is 0 Å². The van der Waals surface area contributed by atoms with E-state index >= 15 is 0 Å². The summed E-state index contributed by atoms with van der Waals surface area (Å²) in [5, 5.41) is 2.98. The number of benzene rings is 1. The van der Waals surface area contributed by atoms with E-state index in [0.29, 0.717) is 29.8 Å². The normalized spacial score (nSPS) is 11.4. The quantitative estimate of drug-likeness (QED) is 0.761. The Kier molecular flexibility index (Phi) is 10.4. The molecule has 5 nitrogen and oxygen atoms in total. The standard InChI is InChI=1S/C18H25N3O2.2ClH/c1-12(2)9-15(11-19)20-17(22)10-16-13(3)23-18(21-16)14-7-5-4-6-8-14;;/h4-8,12,15H,9-11,19H2,1-3H3,(H,20,22);2*1H. The van der Waals surface area contributed by atoms with Crippen molar-refractivity contribution in [2.24, 2.45) is 11.7 Å². The van der Waals surface area contributed by atoms with Crippen molar-refractivity contribution < 1.29 is 9.21 Å². The lowest BCUT2D eigenvalue weighted by atomic mass is 10.0. The van der Waals surface area contributed by atoms with E-state index in [0.717, 1.165) is 12.0 Å². The van der Waals surface area contributed by atoms with E-state index in [1.54, 1.807) is 0 Å². The van der Waals surface area contributed by atoms with Crippen molar-refractivity contribution in [2.75, 3.05) is 6.54 Å². The maximum absolute atomic E-state index is 12.2. The summed E-state index contributed by atoms with van der Waals surface area (Å²) >= 11 is 0. The molecule has 1 aromatic carbocycles. The number of rotatable bonds is 7. The van der Waals surface area contributed by atoms with E-state index in [1.807, 2.05) is 37.3 Å². The van der Waals surface area contributed by atoms with Crippen molar-refractivity contribution in [3.05, 3.63) is 41.8 Å². The monoisotopic (exact) mass is 387 g/mol.